The molecule has 1 aromatic carbocycles. The molecular formula is C22H24N4O2. The Bertz CT molecular complexity index is 1050. The Labute approximate surface area is 163 Å². The van der Waals surface area contributed by atoms with Crippen LogP contribution in [0.3, 0.4) is 0 Å². The molecule has 4 rings (SSSR count). The monoisotopic (exact) mass is 376 g/mol. The normalized spacial score (nSPS) is 14.5. The summed E-state index contributed by atoms with van der Waals surface area (Å²) in [5, 5.41) is 2.83. The summed E-state index contributed by atoms with van der Waals surface area (Å²) in [5.74, 6) is -0.408. The van der Waals surface area contributed by atoms with Crippen LogP contribution in [0.25, 0.3) is 5.65 Å². The van der Waals surface area contributed by atoms with Crippen LogP contribution in [-0.2, 0) is 13.1 Å². The number of pyridine rings is 1. The Morgan fingerprint density at radius 1 is 1.11 bits per heavy atom. The number of carbonyl (C=O) groups is 1. The van der Waals surface area contributed by atoms with Crippen molar-refractivity contribution in [2.75, 3.05) is 13.1 Å². The number of aryl methyl sites for hydroxylation is 1. The van der Waals surface area contributed by atoms with Crippen molar-refractivity contribution < 1.29 is 4.79 Å². The first-order chi connectivity index (χ1) is 13.6. The molecule has 1 N–H and O–H groups in total. The molecule has 3 heterocycles. The van der Waals surface area contributed by atoms with Crippen LogP contribution < -0.4 is 10.9 Å². The first kappa shape index (κ1) is 18.4. The standard InChI is InChI=1S/C22H24N4O2/c1-16-5-4-12-26-20(16)23-14-19(22(26)28)21(27)24-13-17-6-8-18(9-7-17)15-25-10-2-3-11-25/h4-9,12,14H,2-3,10-11,13,15H2,1H3,(H,24,27). The molecule has 1 saturated heterocycles. The fourth-order valence-electron chi connectivity index (χ4n) is 3.64. The maximum absolute atomic E-state index is 12.6. The predicted molar refractivity (Wildman–Crippen MR) is 108 cm³/mol. The van der Waals surface area contributed by atoms with Gasteiger partial charge in [-0.1, -0.05) is 30.3 Å². The first-order valence-corrected chi connectivity index (χ1v) is 9.67. The van der Waals surface area contributed by atoms with Gasteiger partial charge < -0.3 is 5.32 Å². The van der Waals surface area contributed by atoms with E-state index in [1.54, 1.807) is 12.3 Å². The summed E-state index contributed by atoms with van der Waals surface area (Å²) in [4.78, 5) is 31.8. The van der Waals surface area contributed by atoms with Gasteiger partial charge in [0.25, 0.3) is 11.5 Å². The highest BCUT2D eigenvalue weighted by Crippen LogP contribution is 2.13. The summed E-state index contributed by atoms with van der Waals surface area (Å²) >= 11 is 0. The van der Waals surface area contributed by atoms with Crippen molar-refractivity contribution in [2.45, 2.75) is 32.9 Å². The van der Waals surface area contributed by atoms with Gasteiger partial charge in [-0.15, -0.1) is 0 Å². The van der Waals surface area contributed by atoms with E-state index < -0.39 is 5.91 Å². The molecule has 1 aliphatic rings. The molecule has 3 aromatic rings. The highest BCUT2D eigenvalue weighted by Gasteiger charge is 2.14. The van der Waals surface area contributed by atoms with Gasteiger partial charge in [-0.3, -0.25) is 18.9 Å². The molecule has 0 bridgehead atoms. The Kier molecular flexibility index (Phi) is 5.21. The van der Waals surface area contributed by atoms with E-state index in [0.717, 1.165) is 17.7 Å². The zero-order chi connectivity index (χ0) is 19.5. The molecule has 28 heavy (non-hydrogen) atoms. The SMILES string of the molecule is Cc1cccn2c(=O)c(C(=O)NCc3ccc(CN4CCCC4)cc3)cnc12. The maximum Gasteiger partial charge on any atom is 0.270 e. The van der Waals surface area contributed by atoms with E-state index in [4.69, 9.17) is 0 Å². The highest BCUT2D eigenvalue weighted by atomic mass is 16.2. The van der Waals surface area contributed by atoms with Crippen LogP contribution in [0.4, 0.5) is 0 Å². The van der Waals surface area contributed by atoms with E-state index in [-0.39, 0.29) is 11.1 Å². The van der Waals surface area contributed by atoms with Crippen molar-refractivity contribution in [2.24, 2.45) is 0 Å². The van der Waals surface area contributed by atoms with Gasteiger partial charge >= 0.3 is 0 Å². The predicted octanol–water partition coefficient (Wildman–Crippen LogP) is 2.53. The third kappa shape index (κ3) is 3.82. The summed E-state index contributed by atoms with van der Waals surface area (Å²) in [6.07, 6.45) is 5.56. The first-order valence-electron chi connectivity index (χ1n) is 9.67. The summed E-state index contributed by atoms with van der Waals surface area (Å²) in [6.45, 7) is 5.58. The van der Waals surface area contributed by atoms with E-state index >= 15 is 0 Å². The van der Waals surface area contributed by atoms with E-state index in [2.05, 4.69) is 27.3 Å². The van der Waals surface area contributed by atoms with Gasteiger partial charge in [0.15, 0.2) is 0 Å². The van der Waals surface area contributed by atoms with Crippen molar-refractivity contribution in [1.82, 2.24) is 19.6 Å². The number of nitrogens with one attached hydrogen (secondary N) is 1. The van der Waals surface area contributed by atoms with Crippen molar-refractivity contribution >= 4 is 11.6 Å². The number of aromatic nitrogens is 2. The van der Waals surface area contributed by atoms with E-state index in [1.807, 2.05) is 25.1 Å². The van der Waals surface area contributed by atoms with Crippen molar-refractivity contribution in [3.8, 4) is 0 Å². The van der Waals surface area contributed by atoms with Crippen molar-refractivity contribution in [3.63, 3.8) is 0 Å². The fraction of sp³-hybridized carbons (Fsp3) is 0.318. The third-order valence-electron chi connectivity index (χ3n) is 5.25. The van der Waals surface area contributed by atoms with Crippen LogP contribution in [-0.4, -0.2) is 33.3 Å². The number of hydrogen-bond donors (Lipinski definition) is 1. The number of rotatable bonds is 5. The van der Waals surface area contributed by atoms with Gasteiger partial charge in [0.05, 0.1) is 0 Å². The second-order valence-electron chi connectivity index (χ2n) is 7.34. The molecule has 0 saturated carbocycles. The average Bonchev–Trinajstić information content (AvgIpc) is 3.21. The van der Waals surface area contributed by atoms with Gasteiger partial charge in [-0.05, 0) is 55.6 Å². The van der Waals surface area contributed by atoms with Gasteiger partial charge in [0.1, 0.15) is 11.2 Å². The number of carbonyl (C=O) groups excluding carboxylic acids is 1. The lowest BCUT2D eigenvalue weighted by molar-refractivity contribution is 0.0949. The quantitative estimate of drug-likeness (QED) is 0.743. The average molecular weight is 376 g/mol. The van der Waals surface area contributed by atoms with Crippen LogP contribution in [0, 0.1) is 6.92 Å². The minimum Gasteiger partial charge on any atom is -0.348 e. The maximum atomic E-state index is 12.6. The zero-order valence-corrected chi connectivity index (χ0v) is 16.0. The van der Waals surface area contributed by atoms with Crippen molar-refractivity contribution in [1.29, 1.82) is 0 Å². The molecule has 6 heteroatoms. The summed E-state index contributed by atoms with van der Waals surface area (Å²) < 4.78 is 1.41. The van der Waals surface area contributed by atoms with Gasteiger partial charge in [0, 0.05) is 25.5 Å². The van der Waals surface area contributed by atoms with E-state index in [1.165, 1.54) is 42.1 Å². The minimum absolute atomic E-state index is 0.0498. The Morgan fingerprint density at radius 3 is 2.57 bits per heavy atom. The number of nitrogens with zero attached hydrogens (tertiary/aromatic N) is 3. The molecule has 0 spiro atoms. The number of hydrogen-bond acceptors (Lipinski definition) is 4. The number of likely N-dealkylation sites (tertiary alicyclic amines) is 1. The molecule has 1 fully saturated rings. The van der Waals surface area contributed by atoms with Crippen LogP contribution in [0.2, 0.25) is 0 Å². The lowest BCUT2D eigenvalue weighted by atomic mass is 10.1. The number of benzene rings is 1. The third-order valence-corrected chi connectivity index (χ3v) is 5.25. The molecule has 0 unspecified atom stereocenters. The van der Waals surface area contributed by atoms with Gasteiger partial charge in [0.2, 0.25) is 0 Å². The number of fused-ring (bicyclic) bond motifs is 1. The molecule has 1 amide bonds. The Morgan fingerprint density at radius 2 is 1.82 bits per heavy atom. The topological polar surface area (TPSA) is 66.7 Å². The van der Waals surface area contributed by atoms with E-state index in [0.29, 0.717) is 12.2 Å². The molecule has 144 valence electrons. The summed E-state index contributed by atoms with van der Waals surface area (Å²) in [7, 11) is 0. The largest absolute Gasteiger partial charge is 0.348 e. The molecule has 1 aliphatic heterocycles. The molecule has 2 aromatic heterocycles. The molecular weight excluding hydrogens is 352 g/mol. The second-order valence-corrected chi connectivity index (χ2v) is 7.34. The van der Waals surface area contributed by atoms with Gasteiger partial charge in [-0.25, -0.2) is 4.98 Å². The fourth-order valence-corrected chi connectivity index (χ4v) is 3.64. The number of amides is 1. The lowest BCUT2D eigenvalue weighted by Crippen LogP contribution is -2.31. The zero-order valence-electron chi connectivity index (χ0n) is 16.0. The second kappa shape index (κ2) is 7.94. The van der Waals surface area contributed by atoms with Crippen LogP contribution in [0.1, 0.15) is 39.9 Å². The van der Waals surface area contributed by atoms with Crippen LogP contribution in [0.5, 0.6) is 0 Å². The van der Waals surface area contributed by atoms with Crippen LogP contribution >= 0.6 is 0 Å². The lowest BCUT2D eigenvalue weighted by Gasteiger charge is -2.14. The summed E-state index contributed by atoms with van der Waals surface area (Å²) in [5.41, 5.74) is 3.44. The van der Waals surface area contributed by atoms with Crippen LogP contribution in [0.15, 0.2) is 53.6 Å². The highest BCUT2D eigenvalue weighted by molar-refractivity contribution is 5.93. The van der Waals surface area contributed by atoms with Crippen molar-refractivity contribution in [3.05, 3.63) is 81.4 Å². The molecule has 0 atom stereocenters. The molecule has 6 nitrogen and oxygen atoms in total. The Balaban J connectivity index is 1.42. The van der Waals surface area contributed by atoms with E-state index in [9.17, 15) is 9.59 Å². The van der Waals surface area contributed by atoms with Gasteiger partial charge in [-0.2, -0.15) is 0 Å². The molecule has 0 aliphatic carbocycles. The Hall–Kier alpha value is -2.99. The molecule has 0 radical (unpaired) electrons. The summed E-state index contributed by atoms with van der Waals surface area (Å²) in [6, 6.07) is 11.9. The minimum atomic E-state index is -0.408. The smallest absolute Gasteiger partial charge is 0.270 e.